The van der Waals surface area contributed by atoms with Crippen molar-refractivity contribution in [3.8, 4) is 11.5 Å². The Morgan fingerprint density at radius 2 is 1.96 bits per heavy atom. The fourth-order valence-electron chi connectivity index (χ4n) is 3.16. The fourth-order valence-corrected chi connectivity index (χ4v) is 3.16. The molecule has 0 spiro atoms. The van der Waals surface area contributed by atoms with Gasteiger partial charge < -0.3 is 9.52 Å². The molecule has 0 radical (unpaired) electrons. The van der Waals surface area contributed by atoms with Gasteiger partial charge in [-0.2, -0.15) is 0 Å². The molecule has 5 heteroatoms. The monoisotopic (exact) mass is 315 g/mol. The van der Waals surface area contributed by atoms with Crippen LogP contribution in [0.25, 0.3) is 11.5 Å². The smallest absolute Gasteiger partial charge is 0.247 e. The first-order valence-corrected chi connectivity index (χ1v) is 8.37. The molecule has 124 valence electrons. The molecule has 1 aromatic carbocycles. The Balaban J connectivity index is 1.73. The van der Waals surface area contributed by atoms with E-state index in [1.807, 2.05) is 31.2 Å². The first-order valence-electron chi connectivity index (χ1n) is 8.37. The van der Waals surface area contributed by atoms with Crippen molar-refractivity contribution in [1.82, 2.24) is 15.1 Å². The largest absolute Gasteiger partial charge is 0.419 e. The number of aliphatic hydroxyl groups is 1. The molecule has 1 saturated heterocycles. The molecule has 2 aromatic rings. The SMILES string of the molecule is Cc1ccc(-c2nnc(C(C)N3CCCC(C(C)O)C3)o2)cc1. The molecule has 23 heavy (non-hydrogen) atoms. The highest BCUT2D eigenvalue weighted by Gasteiger charge is 2.29. The third kappa shape index (κ3) is 3.62. The van der Waals surface area contributed by atoms with E-state index in [1.165, 1.54) is 5.56 Å². The molecule has 1 aromatic heterocycles. The molecule has 0 aliphatic carbocycles. The maximum atomic E-state index is 9.84. The lowest BCUT2D eigenvalue weighted by molar-refractivity contribution is 0.0417. The van der Waals surface area contributed by atoms with Crippen molar-refractivity contribution in [3.05, 3.63) is 35.7 Å². The van der Waals surface area contributed by atoms with Gasteiger partial charge in [-0.15, -0.1) is 10.2 Å². The fraction of sp³-hybridized carbons (Fsp3) is 0.556. The predicted octanol–water partition coefficient (Wildman–Crippen LogP) is 3.20. The van der Waals surface area contributed by atoms with E-state index in [0.29, 0.717) is 17.7 Å². The van der Waals surface area contributed by atoms with Crippen LogP contribution in [0, 0.1) is 12.8 Å². The summed E-state index contributed by atoms with van der Waals surface area (Å²) < 4.78 is 5.89. The average molecular weight is 315 g/mol. The third-order valence-corrected chi connectivity index (χ3v) is 4.82. The van der Waals surface area contributed by atoms with Crippen LogP contribution in [0.4, 0.5) is 0 Å². The number of likely N-dealkylation sites (tertiary alicyclic amines) is 1. The lowest BCUT2D eigenvalue weighted by Gasteiger charge is -2.36. The van der Waals surface area contributed by atoms with Crippen molar-refractivity contribution < 1.29 is 9.52 Å². The van der Waals surface area contributed by atoms with Crippen LogP contribution in [0.2, 0.25) is 0 Å². The van der Waals surface area contributed by atoms with Crippen molar-refractivity contribution >= 4 is 0 Å². The van der Waals surface area contributed by atoms with Gasteiger partial charge in [0.25, 0.3) is 0 Å². The highest BCUT2D eigenvalue weighted by Crippen LogP contribution is 2.29. The zero-order chi connectivity index (χ0) is 16.4. The summed E-state index contributed by atoms with van der Waals surface area (Å²) in [6, 6.07) is 8.16. The van der Waals surface area contributed by atoms with Crippen LogP contribution in [-0.4, -0.2) is 39.4 Å². The van der Waals surface area contributed by atoms with Crippen LogP contribution in [0.1, 0.15) is 44.2 Å². The van der Waals surface area contributed by atoms with Gasteiger partial charge in [-0.05, 0) is 58.2 Å². The first-order chi connectivity index (χ1) is 11.0. The molecule has 0 amide bonds. The summed E-state index contributed by atoms with van der Waals surface area (Å²) in [6.45, 7) is 7.91. The van der Waals surface area contributed by atoms with E-state index < -0.39 is 0 Å². The molecular weight excluding hydrogens is 290 g/mol. The topological polar surface area (TPSA) is 62.4 Å². The second kappa shape index (κ2) is 6.81. The van der Waals surface area contributed by atoms with Gasteiger partial charge in [0.1, 0.15) is 0 Å². The Labute approximate surface area is 137 Å². The molecule has 3 atom stereocenters. The van der Waals surface area contributed by atoms with E-state index in [1.54, 1.807) is 0 Å². The number of aryl methyl sites for hydroxylation is 1. The summed E-state index contributed by atoms with van der Waals surface area (Å²) in [5, 5.41) is 18.3. The van der Waals surface area contributed by atoms with Crippen LogP contribution in [-0.2, 0) is 0 Å². The van der Waals surface area contributed by atoms with Gasteiger partial charge >= 0.3 is 0 Å². The summed E-state index contributed by atoms with van der Waals surface area (Å²) in [5.41, 5.74) is 2.15. The molecule has 3 unspecified atom stereocenters. The van der Waals surface area contributed by atoms with Crippen LogP contribution >= 0.6 is 0 Å². The van der Waals surface area contributed by atoms with Gasteiger partial charge in [-0.25, -0.2) is 0 Å². The van der Waals surface area contributed by atoms with Gasteiger partial charge in [0.2, 0.25) is 11.8 Å². The average Bonchev–Trinajstić information content (AvgIpc) is 3.05. The predicted molar refractivity (Wildman–Crippen MR) is 88.9 cm³/mol. The minimum Gasteiger partial charge on any atom is -0.419 e. The first kappa shape index (κ1) is 16.1. The van der Waals surface area contributed by atoms with Crippen molar-refractivity contribution in [2.45, 2.75) is 45.8 Å². The molecule has 1 fully saturated rings. The highest BCUT2D eigenvalue weighted by molar-refractivity contribution is 5.52. The van der Waals surface area contributed by atoms with Crippen LogP contribution < -0.4 is 0 Å². The number of piperidine rings is 1. The number of rotatable bonds is 4. The Hall–Kier alpha value is -1.72. The summed E-state index contributed by atoms with van der Waals surface area (Å²) in [7, 11) is 0. The van der Waals surface area contributed by atoms with Crippen molar-refractivity contribution in [1.29, 1.82) is 0 Å². The number of aliphatic hydroxyl groups excluding tert-OH is 1. The maximum absolute atomic E-state index is 9.84. The second-order valence-corrected chi connectivity index (χ2v) is 6.63. The van der Waals surface area contributed by atoms with Gasteiger partial charge in [0.05, 0.1) is 12.1 Å². The van der Waals surface area contributed by atoms with E-state index in [-0.39, 0.29) is 12.1 Å². The minimum absolute atomic E-state index is 0.0725. The lowest BCUT2D eigenvalue weighted by Crippen LogP contribution is -2.40. The third-order valence-electron chi connectivity index (χ3n) is 4.82. The number of hydrogen-bond donors (Lipinski definition) is 1. The Bertz CT molecular complexity index is 636. The lowest BCUT2D eigenvalue weighted by atomic mass is 9.92. The number of benzene rings is 1. The summed E-state index contributed by atoms with van der Waals surface area (Å²) in [6.07, 6.45) is 1.91. The van der Waals surface area contributed by atoms with Crippen molar-refractivity contribution in [3.63, 3.8) is 0 Å². The van der Waals surface area contributed by atoms with E-state index in [2.05, 4.69) is 28.9 Å². The highest BCUT2D eigenvalue weighted by atomic mass is 16.4. The summed E-state index contributed by atoms with van der Waals surface area (Å²) >= 11 is 0. The van der Waals surface area contributed by atoms with Gasteiger partial charge in [-0.3, -0.25) is 4.90 Å². The van der Waals surface area contributed by atoms with Crippen LogP contribution in [0.3, 0.4) is 0 Å². The van der Waals surface area contributed by atoms with E-state index in [4.69, 9.17) is 4.42 Å². The molecule has 3 rings (SSSR count). The number of nitrogens with zero attached hydrogens (tertiary/aromatic N) is 3. The second-order valence-electron chi connectivity index (χ2n) is 6.63. The summed E-state index contributed by atoms with van der Waals surface area (Å²) in [5.74, 6) is 1.54. The van der Waals surface area contributed by atoms with E-state index in [9.17, 15) is 5.11 Å². The summed E-state index contributed by atoms with van der Waals surface area (Å²) in [4.78, 5) is 2.33. The molecule has 0 saturated carbocycles. The Kier molecular flexibility index (Phi) is 4.78. The number of hydrogen-bond acceptors (Lipinski definition) is 5. The Morgan fingerprint density at radius 3 is 2.65 bits per heavy atom. The molecule has 1 aliphatic rings. The van der Waals surface area contributed by atoms with E-state index >= 15 is 0 Å². The maximum Gasteiger partial charge on any atom is 0.247 e. The van der Waals surface area contributed by atoms with Crippen molar-refractivity contribution in [2.24, 2.45) is 5.92 Å². The molecule has 2 heterocycles. The normalized spacial score (nSPS) is 22.0. The molecule has 5 nitrogen and oxygen atoms in total. The standard InChI is InChI=1S/C18H25N3O2/c1-12-6-8-15(9-7-12)18-20-19-17(23-18)13(2)21-10-4-5-16(11-21)14(3)22/h6-9,13-14,16,22H,4-5,10-11H2,1-3H3. The molecular formula is C18H25N3O2. The van der Waals surface area contributed by atoms with Gasteiger partial charge in [0, 0.05) is 12.1 Å². The van der Waals surface area contributed by atoms with E-state index in [0.717, 1.165) is 31.5 Å². The van der Waals surface area contributed by atoms with Crippen molar-refractivity contribution in [2.75, 3.05) is 13.1 Å². The van der Waals surface area contributed by atoms with Gasteiger partial charge in [0.15, 0.2) is 0 Å². The quantitative estimate of drug-likeness (QED) is 0.939. The molecule has 1 N–H and O–H groups in total. The number of aromatic nitrogens is 2. The Morgan fingerprint density at radius 1 is 1.22 bits per heavy atom. The van der Waals surface area contributed by atoms with Gasteiger partial charge in [-0.1, -0.05) is 17.7 Å². The minimum atomic E-state index is -0.268. The molecule has 1 aliphatic heterocycles. The zero-order valence-electron chi connectivity index (χ0n) is 14.1. The van der Waals surface area contributed by atoms with Crippen LogP contribution in [0.5, 0.6) is 0 Å². The van der Waals surface area contributed by atoms with Crippen LogP contribution in [0.15, 0.2) is 28.7 Å². The zero-order valence-corrected chi connectivity index (χ0v) is 14.1. The molecule has 0 bridgehead atoms.